The van der Waals surface area contributed by atoms with Crippen molar-refractivity contribution in [3.63, 3.8) is 0 Å². The van der Waals surface area contributed by atoms with Crippen LogP contribution in [-0.4, -0.2) is 29.8 Å². The molecule has 104 valence electrons. The average Bonchev–Trinajstić information content (AvgIpc) is 2.25. The SMILES string of the molecule is CC(C)(C)c1ccc(OC2(CC(=O)O)CNC2)cc1. The summed E-state index contributed by atoms with van der Waals surface area (Å²) in [6.45, 7) is 7.64. The lowest BCUT2D eigenvalue weighted by atomic mass is 9.87. The van der Waals surface area contributed by atoms with Gasteiger partial charge in [-0.05, 0) is 23.1 Å². The van der Waals surface area contributed by atoms with E-state index < -0.39 is 11.6 Å². The molecule has 0 atom stereocenters. The Kier molecular flexibility index (Phi) is 3.54. The third-order valence-electron chi connectivity index (χ3n) is 3.42. The van der Waals surface area contributed by atoms with Crippen LogP contribution in [0.25, 0.3) is 0 Å². The van der Waals surface area contributed by atoms with Gasteiger partial charge in [-0.15, -0.1) is 0 Å². The highest BCUT2D eigenvalue weighted by atomic mass is 16.5. The number of rotatable bonds is 4. The zero-order valence-corrected chi connectivity index (χ0v) is 11.7. The van der Waals surface area contributed by atoms with Crippen LogP contribution in [0.5, 0.6) is 5.75 Å². The van der Waals surface area contributed by atoms with Gasteiger partial charge in [0.15, 0.2) is 0 Å². The predicted octanol–water partition coefficient (Wildman–Crippen LogP) is 2.18. The van der Waals surface area contributed by atoms with Crippen LogP contribution in [0.2, 0.25) is 0 Å². The lowest BCUT2D eigenvalue weighted by Crippen LogP contribution is -2.64. The fourth-order valence-corrected chi connectivity index (χ4v) is 2.19. The van der Waals surface area contributed by atoms with Crippen molar-refractivity contribution >= 4 is 5.97 Å². The smallest absolute Gasteiger partial charge is 0.307 e. The lowest BCUT2D eigenvalue weighted by Gasteiger charge is -2.41. The van der Waals surface area contributed by atoms with E-state index in [0.717, 1.165) is 5.75 Å². The van der Waals surface area contributed by atoms with Gasteiger partial charge in [0.1, 0.15) is 11.4 Å². The molecule has 1 aliphatic rings. The second-order valence-electron chi connectivity index (χ2n) is 6.23. The fraction of sp³-hybridized carbons (Fsp3) is 0.533. The Balaban J connectivity index is 2.08. The van der Waals surface area contributed by atoms with Crippen LogP contribution in [0.15, 0.2) is 24.3 Å². The Bertz CT molecular complexity index is 455. The van der Waals surface area contributed by atoms with E-state index in [0.29, 0.717) is 13.1 Å². The molecule has 0 amide bonds. The molecule has 1 aliphatic heterocycles. The third kappa shape index (κ3) is 3.26. The van der Waals surface area contributed by atoms with Gasteiger partial charge in [0.2, 0.25) is 0 Å². The maximum atomic E-state index is 10.9. The third-order valence-corrected chi connectivity index (χ3v) is 3.42. The molecule has 0 bridgehead atoms. The Labute approximate surface area is 113 Å². The van der Waals surface area contributed by atoms with E-state index in [-0.39, 0.29) is 11.8 Å². The van der Waals surface area contributed by atoms with Crippen molar-refractivity contribution in [2.45, 2.75) is 38.2 Å². The number of carboxylic acid groups (broad SMARTS) is 1. The average molecular weight is 263 g/mol. The molecule has 4 nitrogen and oxygen atoms in total. The van der Waals surface area contributed by atoms with Gasteiger partial charge in [-0.1, -0.05) is 32.9 Å². The van der Waals surface area contributed by atoms with Crippen molar-refractivity contribution < 1.29 is 14.6 Å². The summed E-state index contributed by atoms with van der Waals surface area (Å²) in [5.74, 6) is -0.0939. The van der Waals surface area contributed by atoms with Gasteiger partial charge in [0, 0.05) is 13.1 Å². The topological polar surface area (TPSA) is 58.6 Å². The maximum Gasteiger partial charge on any atom is 0.307 e. The minimum Gasteiger partial charge on any atom is -0.484 e. The number of ether oxygens (including phenoxy) is 1. The van der Waals surface area contributed by atoms with Crippen molar-refractivity contribution in [1.29, 1.82) is 0 Å². The molecule has 1 fully saturated rings. The molecule has 1 aromatic rings. The summed E-state index contributed by atoms with van der Waals surface area (Å²) >= 11 is 0. The number of carbonyl (C=O) groups is 1. The quantitative estimate of drug-likeness (QED) is 0.874. The highest BCUT2D eigenvalue weighted by Gasteiger charge is 2.41. The van der Waals surface area contributed by atoms with Gasteiger partial charge in [-0.2, -0.15) is 0 Å². The van der Waals surface area contributed by atoms with Crippen LogP contribution in [-0.2, 0) is 10.2 Å². The molecule has 2 N–H and O–H groups in total. The van der Waals surface area contributed by atoms with E-state index in [2.05, 4.69) is 26.1 Å². The lowest BCUT2D eigenvalue weighted by molar-refractivity contribution is -0.143. The highest BCUT2D eigenvalue weighted by molar-refractivity contribution is 5.68. The minimum atomic E-state index is -0.826. The second-order valence-corrected chi connectivity index (χ2v) is 6.23. The van der Waals surface area contributed by atoms with Crippen molar-refractivity contribution in [3.8, 4) is 5.75 Å². The monoisotopic (exact) mass is 263 g/mol. The molecule has 1 saturated heterocycles. The summed E-state index contributed by atoms with van der Waals surface area (Å²) in [5.41, 5.74) is 0.753. The van der Waals surface area contributed by atoms with E-state index in [9.17, 15) is 4.79 Å². The van der Waals surface area contributed by atoms with Gasteiger partial charge >= 0.3 is 5.97 Å². The van der Waals surface area contributed by atoms with E-state index in [1.165, 1.54) is 5.56 Å². The van der Waals surface area contributed by atoms with Crippen LogP contribution in [0.3, 0.4) is 0 Å². The molecule has 1 heterocycles. The summed E-state index contributed by atoms with van der Waals surface area (Å²) < 4.78 is 5.87. The minimum absolute atomic E-state index is 0.0288. The molecule has 19 heavy (non-hydrogen) atoms. The first-order valence-corrected chi connectivity index (χ1v) is 6.53. The van der Waals surface area contributed by atoms with E-state index in [4.69, 9.17) is 9.84 Å². The van der Waals surface area contributed by atoms with Crippen LogP contribution in [0, 0.1) is 0 Å². The molecule has 0 radical (unpaired) electrons. The van der Waals surface area contributed by atoms with Crippen molar-refractivity contribution in [1.82, 2.24) is 5.32 Å². The number of hydrogen-bond donors (Lipinski definition) is 2. The molecular weight excluding hydrogens is 242 g/mol. The number of carboxylic acids is 1. The Hall–Kier alpha value is -1.55. The molecule has 1 aromatic carbocycles. The Morgan fingerprint density at radius 1 is 1.32 bits per heavy atom. The number of benzene rings is 1. The number of aliphatic carboxylic acids is 1. The number of nitrogens with one attached hydrogen (secondary N) is 1. The molecule has 0 saturated carbocycles. The summed E-state index contributed by atoms with van der Waals surface area (Å²) in [7, 11) is 0. The van der Waals surface area contributed by atoms with Crippen LogP contribution in [0.1, 0.15) is 32.8 Å². The molecule has 0 aromatic heterocycles. The van der Waals surface area contributed by atoms with E-state index in [1.807, 2.05) is 24.3 Å². The summed E-state index contributed by atoms with van der Waals surface area (Å²) in [6.07, 6.45) is 0.0288. The molecule has 2 rings (SSSR count). The standard InChI is InChI=1S/C15H21NO3/c1-14(2,3)11-4-6-12(7-5-11)19-15(8-13(17)18)9-16-10-15/h4-7,16H,8-10H2,1-3H3,(H,17,18). The predicted molar refractivity (Wildman–Crippen MR) is 73.6 cm³/mol. The van der Waals surface area contributed by atoms with E-state index in [1.54, 1.807) is 0 Å². The maximum absolute atomic E-state index is 10.9. The Morgan fingerprint density at radius 3 is 2.26 bits per heavy atom. The largest absolute Gasteiger partial charge is 0.484 e. The zero-order valence-electron chi connectivity index (χ0n) is 11.7. The van der Waals surface area contributed by atoms with Crippen LogP contribution >= 0.6 is 0 Å². The van der Waals surface area contributed by atoms with Crippen molar-refractivity contribution in [2.75, 3.05) is 13.1 Å². The second kappa shape index (κ2) is 4.85. The highest BCUT2D eigenvalue weighted by Crippen LogP contribution is 2.28. The summed E-state index contributed by atoms with van der Waals surface area (Å²) in [6, 6.07) is 7.91. The van der Waals surface area contributed by atoms with Gasteiger partial charge in [-0.3, -0.25) is 4.79 Å². The Morgan fingerprint density at radius 2 is 1.89 bits per heavy atom. The van der Waals surface area contributed by atoms with Gasteiger partial charge in [0.25, 0.3) is 0 Å². The normalized spacial score (nSPS) is 17.6. The van der Waals surface area contributed by atoms with Gasteiger partial charge < -0.3 is 15.2 Å². The zero-order chi connectivity index (χ0) is 14.1. The molecule has 0 unspecified atom stereocenters. The van der Waals surface area contributed by atoms with Gasteiger partial charge in [0.05, 0.1) is 6.42 Å². The van der Waals surface area contributed by atoms with Crippen LogP contribution < -0.4 is 10.1 Å². The summed E-state index contributed by atoms with van der Waals surface area (Å²) in [4.78, 5) is 10.9. The van der Waals surface area contributed by atoms with Crippen molar-refractivity contribution in [2.24, 2.45) is 0 Å². The molecule has 4 heteroatoms. The fourth-order valence-electron chi connectivity index (χ4n) is 2.19. The first-order valence-electron chi connectivity index (χ1n) is 6.53. The summed E-state index contributed by atoms with van der Waals surface area (Å²) in [5, 5.41) is 12.0. The first kappa shape index (κ1) is 13.9. The van der Waals surface area contributed by atoms with Gasteiger partial charge in [-0.25, -0.2) is 0 Å². The number of hydrogen-bond acceptors (Lipinski definition) is 3. The van der Waals surface area contributed by atoms with Crippen LogP contribution in [0.4, 0.5) is 0 Å². The molecule has 0 aliphatic carbocycles. The van der Waals surface area contributed by atoms with Crippen molar-refractivity contribution in [3.05, 3.63) is 29.8 Å². The molecular formula is C15H21NO3. The molecule has 0 spiro atoms. The first-order chi connectivity index (χ1) is 8.81. The van der Waals surface area contributed by atoms with E-state index >= 15 is 0 Å².